The molecule has 0 saturated heterocycles. The molecule has 7 heteroatoms. The summed E-state index contributed by atoms with van der Waals surface area (Å²) in [5.41, 5.74) is -0.00378. The summed E-state index contributed by atoms with van der Waals surface area (Å²) in [5, 5.41) is 10.1. The molecule has 2 aromatic rings. The molecule has 0 aliphatic carbocycles. The van der Waals surface area contributed by atoms with Gasteiger partial charge in [-0.15, -0.1) is 0 Å². The Morgan fingerprint density at radius 2 is 1.72 bits per heavy atom. The fourth-order valence-electron chi connectivity index (χ4n) is 2.49. The average molecular weight is 352 g/mol. The van der Waals surface area contributed by atoms with Crippen LogP contribution in [0.2, 0.25) is 0 Å². The summed E-state index contributed by atoms with van der Waals surface area (Å²) in [7, 11) is 4.21. The van der Waals surface area contributed by atoms with Gasteiger partial charge in [-0.05, 0) is 18.2 Å². The van der Waals surface area contributed by atoms with Gasteiger partial charge in [-0.25, -0.2) is 8.78 Å². The van der Waals surface area contributed by atoms with Crippen molar-refractivity contribution >= 4 is 5.78 Å². The molecule has 134 valence electrons. The van der Waals surface area contributed by atoms with Crippen molar-refractivity contribution < 1.29 is 32.9 Å². The van der Waals surface area contributed by atoms with Crippen LogP contribution in [0.4, 0.5) is 8.78 Å². The molecule has 0 aliphatic heterocycles. The highest BCUT2D eigenvalue weighted by molar-refractivity contribution is 6.00. The van der Waals surface area contributed by atoms with E-state index in [1.54, 1.807) is 0 Å². The molecule has 0 aliphatic rings. The lowest BCUT2D eigenvalue weighted by Gasteiger charge is -2.16. The van der Waals surface area contributed by atoms with Gasteiger partial charge in [0.2, 0.25) is 5.75 Å². The van der Waals surface area contributed by atoms with Crippen molar-refractivity contribution in [3.8, 4) is 17.2 Å². The first-order chi connectivity index (χ1) is 11.9. The van der Waals surface area contributed by atoms with Crippen LogP contribution in [-0.2, 0) is 0 Å². The van der Waals surface area contributed by atoms with Gasteiger partial charge >= 0.3 is 0 Å². The maximum atomic E-state index is 13.7. The van der Waals surface area contributed by atoms with E-state index in [0.29, 0.717) is 11.8 Å². The topological polar surface area (TPSA) is 65.0 Å². The van der Waals surface area contributed by atoms with Crippen LogP contribution in [-0.4, -0.2) is 32.2 Å². The lowest BCUT2D eigenvalue weighted by molar-refractivity contribution is 0.0872. The quantitative estimate of drug-likeness (QED) is 0.775. The lowest BCUT2D eigenvalue weighted by Crippen LogP contribution is -2.11. The molecule has 0 fully saturated rings. The van der Waals surface area contributed by atoms with Crippen LogP contribution < -0.4 is 14.2 Å². The number of aliphatic hydroxyl groups is 1. The van der Waals surface area contributed by atoms with Crippen molar-refractivity contribution in [3.05, 3.63) is 53.1 Å². The second-order valence-electron chi connectivity index (χ2n) is 5.19. The number of ketones is 1. The van der Waals surface area contributed by atoms with E-state index in [4.69, 9.17) is 14.2 Å². The number of Topliss-reactive ketones (excluding diaryl/α,β-unsaturated/α-hetero) is 1. The van der Waals surface area contributed by atoms with Crippen molar-refractivity contribution in [2.75, 3.05) is 21.3 Å². The van der Waals surface area contributed by atoms with Crippen LogP contribution in [0.3, 0.4) is 0 Å². The fourth-order valence-corrected chi connectivity index (χ4v) is 2.49. The van der Waals surface area contributed by atoms with Gasteiger partial charge in [0.1, 0.15) is 11.6 Å². The number of rotatable bonds is 7. The highest BCUT2D eigenvalue weighted by atomic mass is 19.1. The number of ether oxygens (including phenoxy) is 3. The van der Waals surface area contributed by atoms with Crippen molar-refractivity contribution in [1.29, 1.82) is 0 Å². The van der Waals surface area contributed by atoms with Crippen molar-refractivity contribution in [1.82, 2.24) is 0 Å². The van der Waals surface area contributed by atoms with E-state index in [1.165, 1.54) is 33.5 Å². The number of carbonyl (C=O) groups excluding carboxylic acids is 1. The molecule has 0 amide bonds. The van der Waals surface area contributed by atoms with Crippen LogP contribution in [0.25, 0.3) is 0 Å². The predicted octanol–water partition coefficient (Wildman–Crippen LogP) is 3.30. The maximum absolute atomic E-state index is 13.7. The van der Waals surface area contributed by atoms with Gasteiger partial charge < -0.3 is 19.3 Å². The number of hydrogen-bond acceptors (Lipinski definition) is 5. The zero-order chi connectivity index (χ0) is 18.6. The van der Waals surface area contributed by atoms with E-state index in [2.05, 4.69) is 0 Å². The molecule has 1 atom stereocenters. The Labute approximate surface area is 143 Å². The van der Waals surface area contributed by atoms with Crippen molar-refractivity contribution in [2.45, 2.75) is 12.5 Å². The summed E-state index contributed by atoms with van der Waals surface area (Å²) in [6.07, 6.45) is -1.83. The number of hydrogen-bond donors (Lipinski definition) is 1. The molecular formula is C18H18F2O5. The van der Waals surface area contributed by atoms with E-state index in [0.717, 1.165) is 12.1 Å². The summed E-state index contributed by atoms with van der Waals surface area (Å²) >= 11 is 0. The van der Waals surface area contributed by atoms with Crippen LogP contribution in [0.1, 0.15) is 28.4 Å². The van der Waals surface area contributed by atoms with Crippen LogP contribution >= 0.6 is 0 Å². The lowest BCUT2D eigenvalue weighted by atomic mass is 9.98. The number of carbonyl (C=O) groups is 1. The highest BCUT2D eigenvalue weighted by Gasteiger charge is 2.24. The Kier molecular flexibility index (Phi) is 5.93. The minimum absolute atomic E-state index is 0.152. The van der Waals surface area contributed by atoms with Crippen molar-refractivity contribution in [2.24, 2.45) is 0 Å². The molecule has 1 N–H and O–H groups in total. The van der Waals surface area contributed by atoms with Crippen molar-refractivity contribution in [3.63, 3.8) is 0 Å². The van der Waals surface area contributed by atoms with Crippen LogP contribution in [0.15, 0.2) is 30.3 Å². The molecule has 25 heavy (non-hydrogen) atoms. The SMILES string of the molecule is COc1ccc(C(=O)CC(O)c2ccc(F)cc2F)c(OC)c1OC. The second-order valence-corrected chi connectivity index (χ2v) is 5.19. The Bertz CT molecular complexity index is 776. The zero-order valence-corrected chi connectivity index (χ0v) is 14.0. The minimum atomic E-state index is -1.43. The van der Waals surface area contributed by atoms with Gasteiger partial charge in [0.25, 0.3) is 0 Å². The molecule has 0 heterocycles. The Hall–Kier alpha value is -2.67. The first-order valence-corrected chi connectivity index (χ1v) is 7.38. The molecule has 1 unspecified atom stereocenters. The molecule has 0 saturated carbocycles. The van der Waals surface area contributed by atoms with Gasteiger partial charge in [0, 0.05) is 18.1 Å². The average Bonchev–Trinajstić information content (AvgIpc) is 2.59. The summed E-state index contributed by atoms with van der Waals surface area (Å²) < 4.78 is 42.3. The minimum Gasteiger partial charge on any atom is -0.493 e. The summed E-state index contributed by atoms with van der Waals surface area (Å²) in [5.74, 6) is -1.41. The Morgan fingerprint density at radius 1 is 1.04 bits per heavy atom. The molecule has 0 radical (unpaired) electrons. The third kappa shape index (κ3) is 3.88. The Balaban J connectivity index is 2.31. The summed E-state index contributed by atoms with van der Waals surface area (Å²) in [6.45, 7) is 0. The maximum Gasteiger partial charge on any atom is 0.204 e. The first-order valence-electron chi connectivity index (χ1n) is 7.38. The number of aliphatic hydroxyl groups excluding tert-OH is 1. The summed E-state index contributed by atoms with van der Waals surface area (Å²) in [6, 6.07) is 5.77. The second kappa shape index (κ2) is 7.94. The monoisotopic (exact) mass is 352 g/mol. The standard InChI is InChI=1S/C18H18F2O5/c1-23-16-7-6-12(17(24-2)18(16)25-3)15(22)9-14(21)11-5-4-10(19)8-13(11)20/h4-8,14,21H,9H2,1-3H3. The van der Waals surface area contributed by atoms with Gasteiger partial charge in [-0.2, -0.15) is 0 Å². The van der Waals surface area contributed by atoms with Gasteiger partial charge in [0.05, 0.1) is 33.0 Å². The van der Waals surface area contributed by atoms with E-state index in [-0.39, 0.29) is 22.6 Å². The predicted molar refractivity (Wildman–Crippen MR) is 86.4 cm³/mol. The molecule has 2 aromatic carbocycles. The first kappa shape index (κ1) is 18.7. The van der Waals surface area contributed by atoms with Gasteiger partial charge in [-0.3, -0.25) is 4.79 Å². The molecule has 5 nitrogen and oxygen atoms in total. The van der Waals surface area contributed by atoms with Gasteiger partial charge in [0.15, 0.2) is 17.3 Å². The van der Waals surface area contributed by atoms with E-state index in [1.807, 2.05) is 0 Å². The number of methoxy groups -OCH3 is 3. The molecule has 2 rings (SSSR count). The zero-order valence-electron chi connectivity index (χ0n) is 14.0. The van der Waals surface area contributed by atoms with E-state index >= 15 is 0 Å². The normalized spacial score (nSPS) is 11.8. The number of benzene rings is 2. The van der Waals surface area contributed by atoms with E-state index in [9.17, 15) is 18.7 Å². The van der Waals surface area contributed by atoms with Crippen LogP contribution in [0.5, 0.6) is 17.2 Å². The number of halogens is 2. The molecular weight excluding hydrogens is 334 g/mol. The largest absolute Gasteiger partial charge is 0.493 e. The summed E-state index contributed by atoms with van der Waals surface area (Å²) in [4.78, 5) is 12.5. The molecule has 0 bridgehead atoms. The molecule has 0 aromatic heterocycles. The Morgan fingerprint density at radius 3 is 2.28 bits per heavy atom. The molecule has 0 spiro atoms. The third-order valence-electron chi connectivity index (χ3n) is 3.70. The van der Waals surface area contributed by atoms with Crippen LogP contribution in [0, 0.1) is 11.6 Å². The smallest absolute Gasteiger partial charge is 0.204 e. The van der Waals surface area contributed by atoms with E-state index < -0.39 is 29.9 Å². The van der Waals surface area contributed by atoms with Gasteiger partial charge in [-0.1, -0.05) is 6.07 Å². The third-order valence-corrected chi connectivity index (χ3v) is 3.70. The fraction of sp³-hybridized carbons (Fsp3) is 0.278. The highest BCUT2D eigenvalue weighted by Crippen LogP contribution is 2.40.